The summed E-state index contributed by atoms with van der Waals surface area (Å²) in [7, 11) is 0. The van der Waals surface area contributed by atoms with Crippen LogP contribution in [0.5, 0.6) is 0 Å². The lowest BCUT2D eigenvalue weighted by Gasteiger charge is -2.19. The summed E-state index contributed by atoms with van der Waals surface area (Å²) in [5.74, 6) is -0.0243. The van der Waals surface area contributed by atoms with E-state index < -0.39 is 0 Å². The zero-order chi connectivity index (χ0) is 14.7. The molecule has 0 aromatic heterocycles. The molecule has 0 unspecified atom stereocenters. The Hall–Kier alpha value is -1.81. The van der Waals surface area contributed by atoms with Crippen molar-refractivity contribution in [1.29, 1.82) is 0 Å². The van der Waals surface area contributed by atoms with Crippen LogP contribution in [0.25, 0.3) is 0 Å². The van der Waals surface area contributed by atoms with Crippen LogP contribution < -0.4 is 10.2 Å². The zero-order valence-electron chi connectivity index (χ0n) is 11.7. The van der Waals surface area contributed by atoms with E-state index in [1.807, 2.05) is 24.3 Å². The number of hydrogen-bond acceptors (Lipinski definition) is 2. The fourth-order valence-corrected chi connectivity index (χ4v) is 3.07. The van der Waals surface area contributed by atoms with Crippen molar-refractivity contribution in [2.45, 2.75) is 6.42 Å². The Morgan fingerprint density at radius 1 is 1.19 bits per heavy atom. The van der Waals surface area contributed by atoms with E-state index in [0.717, 1.165) is 24.0 Å². The Balaban J connectivity index is 1.54. The molecule has 0 aliphatic carbocycles. The predicted molar refractivity (Wildman–Crippen MR) is 88.8 cm³/mol. The highest BCUT2D eigenvalue weighted by Crippen LogP contribution is 2.26. The van der Waals surface area contributed by atoms with Crippen molar-refractivity contribution in [3.8, 4) is 0 Å². The summed E-state index contributed by atoms with van der Waals surface area (Å²) < 4.78 is 0.920. The van der Waals surface area contributed by atoms with Gasteiger partial charge in [0.25, 0.3) is 5.91 Å². The van der Waals surface area contributed by atoms with E-state index in [1.165, 1.54) is 11.3 Å². The first kappa shape index (κ1) is 14.1. The van der Waals surface area contributed by atoms with Gasteiger partial charge >= 0.3 is 0 Å². The van der Waals surface area contributed by atoms with Crippen molar-refractivity contribution in [2.75, 3.05) is 24.5 Å². The van der Waals surface area contributed by atoms with Gasteiger partial charge < -0.3 is 10.2 Å². The monoisotopic (exact) mass is 344 g/mol. The number of fused-ring (bicyclic) bond motifs is 1. The largest absolute Gasteiger partial charge is 0.369 e. The summed E-state index contributed by atoms with van der Waals surface area (Å²) >= 11 is 3.38. The first-order valence-electron chi connectivity index (χ1n) is 7.10. The number of halogens is 1. The van der Waals surface area contributed by atoms with E-state index in [4.69, 9.17) is 0 Å². The van der Waals surface area contributed by atoms with Gasteiger partial charge in [0.05, 0.1) is 0 Å². The summed E-state index contributed by atoms with van der Waals surface area (Å²) in [6.07, 6.45) is 1.09. The molecule has 1 aliphatic heterocycles. The molecule has 3 rings (SSSR count). The molecule has 0 saturated heterocycles. The first-order chi connectivity index (χ1) is 10.2. The van der Waals surface area contributed by atoms with Gasteiger partial charge in [-0.15, -0.1) is 0 Å². The third kappa shape index (κ3) is 3.27. The topological polar surface area (TPSA) is 32.3 Å². The van der Waals surface area contributed by atoms with Crippen molar-refractivity contribution < 1.29 is 4.79 Å². The summed E-state index contributed by atoms with van der Waals surface area (Å²) in [6.45, 7) is 2.53. The Kier molecular flexibility index (Phi) is 4.25. The average molecular weight is 345 g/mol. The molecule has 21 heavy (non-hydrogen) atoms. The summed E-state index contributed by atoms with van der Waals surface area (Å²) in [5, 5.41) is 2.98. The molecule has 1 heterocycles. The third-order valence-electron chi connectivity index (χ3n) is 3.74. The van der Waals surface area contributed by atoms with Gasteiger partial charge in [-0.2, -0.15) is 0 Å². The van der Waals surface area contributed by atoms with Crippen LogP contribution in [0.3, 0.4) is 0 Å². The van der Waals surface area contributed by atoms with Crippen LogP contribution in [0.2, 0.25) is 0 Å². The fourth-order valence-electron chi connectivity index (χ4n) is 2.68. The molecule has 0 radical (unpaired) electrons. The number of amides is 1. The third-order valence-corrected chi connectivity index (χ3v) is 4.23. The van der Waals surface area contributed by atoms with Crippen LogP contribution in [-0.2, 0) is 6.42 Å². The molecular weight excluding hydrogens is 328 g/mol. The SMILES string of the molecule is O=C(NCCN1CCc2ccccc21)c1cccc(Br)c1. The quantitative estimate of drug-likeness (QED) is 0.923. The normalized spacial score (nSPS) is 13.1. The van der Waals surface area contributed by atoms with Crippen molar-refractivity contribution in [3.05, 3.63) is 64.1 Å². The van der Waals surface area contributed by atoms with Crippen LogP contribution in [0.1, 0.15) is 15.9 Å². The summed E-state index contributed by atoms with van der Waals surface area (Å²) in [6, 6.07) is 15.9. The van der Waals surface area contributed by atoms with Crippen LogP contribution >= 0.6 is 15.9 Å². The smallest absolute Gasteiger partial charge is 0.251 e. The van der Waals surface area contributed by atoms with E-state index in [9.17, 15) is 4.79 Å². The highest BCUT2D eigenvalue weighted by molar-refractivity contribution is 9.10. The maximum atomic E-state index is 12.1. The predicted octanol–water partition coefficient (Wildman–Crippen LogP) is 3.24. The molecule has 3 nitrogen and oxygen atoms in total. The number of carbonyl (C=O) groups is 1. The van der Waals surface area contributed by atoms with Gasteiger partial charge in [-0.3, -0.25) is 4.79 Å². The van der Waals surface area contributed by atoms with E-state index in [1.54, 1.807) is 0 Å². The number of carbonyl (C=O) groups excluding carboxylic acids is 1. The van der Waals surface area contributed by atoms with E-state index >= 15 is 0 Å². The maximum absolute atomic E-state index is 12.1. The van der Waals surface area contributed by atoms with Crippen molar-refractivity contribution >= 4 is 27.5 Å². The molecule has 0 saturated carbocycles. The summed E-state index contributed by atoms with van der Waals surface area (Å²) in [5.41, 5.74) is 3.39. The Morgan fingerprint density at radius 2 is 2.05 bits per heavy atom. The van der Waals surface area contributed by atoms with Gasteiger partial charge in [0.2, 0.25) is 0 Å². The highest BCUT2D eigenvalue weighted by atomic mass is 79.9. The molecule has 2 aromatic rings. The lowest BCUT2D eigenvalue weighted by molar-refractivity contribution is 0.0954. The number of anilines is 1. The second kappa shape index (κ2) is 6.31. The minimum Gasteiger partial charge on any atom is -0.369 e. The van der Waals surface area contributed by atoms with Crippen LogP contribution in [0, 0.1) is 0 Å². The number of nitrogens with zero attached hydrogens (tertiary/aromatic N) is 1. The van der Waals surface area contributed by atoms with Gasteiger partial charge in [-0.05, 0) is 36.2 Å². The second-order valence-corrected chi connectivity index (χ2v) is 6.05. The van der Waals surface area contributed by atoms with Crippen molar-refractivity contribution in [2.24, 2.45) is 0 Å². The molecule has 1 amide bonds. The molecule has 0 fully saturated rings. The molecule has 2 aromatic carbocycles. The van der Waals surface area contributed by atoms with E-state index in [-0.39, 0.29) is 5.91 Å². The minimum absolute atomic E-state index is 0.0243. The first-order valence-corrected chi connectivity index (χ1v) is 7.90. The zero-order valence-corrected chi connectivity index (χ0v) is 13.3. The Labute approximate surface area is 133 Å². The Morgan fingerprint density at radius 3 is 2.90 bits per heavy atom. The van der Waals surface area contributed by atoms with E-state index in [2.05, 4.69) is 50.4 Å². The maximum Gasteiger partial charge on any atom is 0.251 e. The lowest BCUT2D eigenvalue weighted by atomic mass is 10.2. The Bertz CT molecular complexity index is 657. The molecule has 1 aliphatic rings. The van der Waals surface area contributed by atoms with Crippen LogP contribution in [0.15, 0.2) is 53.0 Å². The van der Waals surface area contributed by atoms with Gasteiger partial charge in [0.15, 0.2) is 0 Å². The molecule has 1 N–H and O–H groups in total. The number of benzene rings is 2. The molecule has 0 bridgehead atoms. The molecule has 0 atom stereocenters. The summed E-state index contributed by atoms with van der Waals surface area (Å²) in [4.78, 5) is 14.4. The minimum atomic E-state index is -0.0243. The van der Waals surface area contributed by atoms with Crippen LogP contribution in [-0.4, -0.2) is 25.5 Å². The standard InChI is InChI=1S/C17H17BrN2O/c18-15-6-3-5-14(12-15)17(21)19-9-11-20-10-8-13-4-1-2-7-16(13)20/h1-7,12H,8-11H2,(H,19,21). The van der Waals surface area contributed by atoms with Crippen molar-refractivity contribution in [3.63, 3.8) is 0 Å². The molecule has 0 spiro atoms. The number of para-hydroxylation sites is 1. The van der Waals surface area contributed by atoms with Gasteiger partial charge in [-0.25, -0.2) is 0 Å². The average Bonchev–Trinajstić information content (AvgIpc) is 2.91. The molecule has 108 valence electrons. The second-order valence-electron chi connectivity index (χ2n) is 5.13. The lowest BCUT2D eigenvalue weighted by Crippen LogP contribution is -2.34. The van der Waals surface area contributed by atoms with Gasteiger partial charge in [0, 0.05) is 35.4 Å². The van der Waals surface area contributed by atoms with Crippen molar-refractivity contribution in [1.82, 2.24) is 5.32 Å². The number of rotatable bonds is 4. The number of nitrogens with one attached hydrogen (secondary N) is 1. The molecular formula is C17H17BrN2O. The van der Waals surface area contributed by atoms with Gasteiger partial charge in [-0.1, -0.05) is 40.2 Å². The molecule has 4 heteroatoms. The highest BCUT2D eigenvalue weighted by Gasteiger charge is 2.17. The van der Waals surface area contributed by atoms with Crippen LogP contribution in [0.4, 0.5) is 5.69 Å². The van der Waals surface area contributed by atoms with E-state index in [0.29, 0.717) is 12.1 Å². The van der Waals surface area contributed by atoms with Gasteiger partial charge in [0.1, 0.15) is 0 Å². The fraction of sp³-hybridized carbons (Fsp3) is 0.235. The number of hydrogen-bond donors (Lipinski definition) is 1.